The highest BCUT2D eigenvalue weighted by atomic mass is 16.5. The molecule has 2 rings (SSSR count). The van der Waals surface area contributed by atoms with E-state index in [0.717, 1.165) is 0 Å². The molecule has 0 bridgehead atoms. The minimum absolute atomic E-state index is 0.133. The van der Waals surface area contributed by atoms with Gasteiger partial charge in [0.05, 0.1) is 32.0 Å². The van der Waals surface area contributed by atoms with Crippen molar-refractivity contribution >= 4 is 11.6 Å². The van der Waals surface area contributed by atoms with Crippen LogP contribution < -0.4 is 20.5 Å². The molecule has 106 valence electrons. The van der Waals surface area contributed by atoms with Crippen molar-refractivity contribution in [2.24, 2.45) is 0 Å². The summed E-state index contributed by atoms with van der Waals surface area (Å²) in [4.78, 5) is 12.1. The fourth-order valence-corrected chi connectivity index (χ4v) is 1.59. The van der Waals surface area contributed by atoms with Crippen LogP contribution in [0.5, 0.6) is 11.5 Å². The Bertz CT molecular complexity index is 598. The van der Waals surface area contributed by atoms with Crippen LogP contribution in [0, 0.1) is 0 Å². The summed E-state index contributed by atoms with van der Waals surface area (Å²) < 4.78 is 10.2. The summed E-state index contributed by atoms with van der Waals surface area (Å²) in [6, 6.07) is 3.13. The van der Waals surface area contributed by atoms with Crippen molar-refractivity contribution in [2.75, 3.05) is 20.0 Å². The predicted octanol–water partition coefficient (Wildman–Crippen LogP) is -0.271. The highest BCUT2D eigenvalue weighted by molar-refractivity contribution is 6.00. The highest BCUT2D eigenvalue weighted by Crippen LogP contribution is 2.30. The molecule has 1 aromatic carbocycles. The lowest BCUT2D eigenvalue weighted by molar-refractivity contribution is 0.0950. The van der Waals surface area contributed by atoms with Gasteiger partial charge in [0.2, 0.25) is 0 Å². The number of rotatable bonds is 5. The number of nitrogens with one attached hydrogen (secondary N) is 2. The van der Waals surface area contributed by atoms with Gasteiger partial charge >= 0.3 is 0 Å². The molecule has 0 unspecified atom stereocenters. The van der Waals surface area contributed by atoms with E-state index in [0.29, 0.717) is 17.3 Å². The zero-order valence-corrected chi connectivity index (χ0v) is 11.0. The number of carbonyl (C=O) groups excluding carboxylic acids is 1. The third-order valence-corrected chi connectivity index (χ3v) is 2.61. The zero-order valence-electron chi connectivity index (χ0n) is 11.0. The second kappa shape index (κ2) is 5.87. The second-order valence-corrected chi connectivity index (χ2v) is 3.80. The molecule has 20 heavy (non-hydrogen) atoms. The van der Waals surface area contributed by atoms with E-state index in [2.05, 4.69) is 25.9 Å². The maximum atomic E-state index is 12.1. The number of methoxy groups -OCH3 is 2. The van der Waals surface area contributed by atoms with E-state index in [1.807, 2.05) is 0 Å². The normalized spacial score (nSPS) is 10.1. The average molecular weight is 278 g/mol. The molecule has 0 spiro atoms. The Morgan fingerprint density at radius 1 is 1.40 bits per heavy atom. The molecule has 0 saturated heterocycles. The molecule has 0 aliphatic carbocycles. The Morgan fingerprint density at radius 2 is 2.20 bits per heavy atom. The number of nitrogens with zero attached hydrogens (tertiary/aromatic N) is 3. The zero-order chi connectivity index (χ0) is 14.5. The van der Waals surface area contributed by atoms with Crippen LogP contribution in [-0.4, -0.2) is 40.8 Å². The number of anilines is 1. The number of nitrogen functional groups attached to an aromatic ring is 1. The van der Waals surface area contributed by atoms with Crippen molar-refractivity contribution in [1.29, 1.82) is 0 Å². The predicted molar refractivity (Wildman–Crippen MR) is 69.3 cm³/mol. The topological polar surface area (TPSA) is 128 Å². The molecule has 0 aliphatic rings. The first-order chi connectivity index (χ1) is 9.65. The van der Waals surface area contributed by atoms with Crippen LogP contribution in [0.25, 0.3) is 0 Å². The summed E-state index contributed by atoms with van der Waals surface area (Å²) in [5, 5.41) is 15.8. The SMILES string of the molecule is COc1cc(OC)c(N)c(C(=O)NCc2nn[nH]n2)c1. The lowest BCUT2D eigenvalue weighted by Crippen LogP contribution is -2.24. The van der Waals surface area contributed by atoms with Gasteiger partial charge in [-0.25, -0.2) is 0 Å². The average Bonchev–Trinajstić information content (AvgIpc) is 2.98. The van der Waals surface area contributed by atoms with Gasteiger partial charge in [0.15, 0.2) is 5.82 Å². The van der Waals surface area contributed by atoms with E-state index in [-0.39, 0.29) is 23.7 Å². The molecule has 2 aromatic rings. The van der Waals surface area contributed by atoms with Gasteiger partial charge in [0.25, 0.3) is 5.91 Å². The van der Waals surface area contributed by atoms with Crippen LogP contribution in [0.1, 0.15) is 16.2 Å². The van der Waals surface area contributed by atoms with Crippen molar-refractivity contribution in [1.82, 2.24) is 25.9 Å². The monoisotopic (exact) mass is 278 g/mol. The number of tetrazole rings is 1. The molecular weight excluding hydrogens is 264 g/mol. The fourth-order valence-electron chi connectivity index (χ4n) is 1.59. The lowest BCUT2D eigenvalue weighted by Gasteiger charge is -2.12. The Balaban J connectivity index is 2.20. The van der Waals surface area contributed by atoms with Crippen LogP contribution >= 0.6 is 0 Å². The van der Waals surface area contributed by atoms with E-state index in [1.165, 1.54) is 20.3 Å². The van der Waals surface area contributed by atoms with Crippen LogP contribution in [0.4, 0.5) is 5.69 Å². The fraction of sp³-hybridized carbons (Fsp3) is 0.273. The third kappa shape index (κ3) is 2.76. The molecule has 0 saturated carbocycles. The number of nitrogens with two attached hydrogens (primary N) is 1. The molecule has 4 N–H and O–H groups in total. The van der Waals surface area contributed by atoms with E-state index < -0.39 is 0 Å². The number of hydrogen-bond donors (Lipinski definition) is 3. The van der Waals surface area contributed by atoms with E-state index >= 15 is 0 Å². The van der Waals surface area contributed by atoms with Crippen molar-refractivity contribution in [2.45, 2.75) is 6.54 Å². The number of ether oxygens (including phenoxy) is 2. The number of H-pyrrole nitrogens is 1. The van der Waals surface area contributed by atoms with E-state index in [9.17, 15) is 4.79 Å². The van der Waals surface area contributed by atoms with Crippen molar-refractivity contribution in [3.05, 3.63) is 23.5 Å². The van der Waals surface area contributed by atoms with Gasteiger partial charge in [-0.2, -0.15) is 5.21 Å². The van der Waals surface area contributed by atoms with Gasteiger partial charge in [-0.3, -0.25) is 4.79 Å². The molecule has 1 amide bonds. The molecular formula is C11H14N6O3. The Kier molecular flexibility index (Phi) is 3.99. The number of aromatic amines is 1. The molecule has 9 heteroatoms. The molecule has 0 fully saturated rings. The Labute approximate surface area is 114 Å². The maximum absolute atomic E-state index is 12.1. The quantitative estimate of drug-likeness (QED) is 0.642. The van der Waals surface area contributed by atoms with Gasteiger partial charge in [0.1, 0.15) is 11.5 Å². The standard InChI is InChI=1S/C11H14N6O3/c1-19-6-3-7(10(12)8(4-6)20-2)11(18)13-5-9-14-16-17-15-9/h3-4H,5,12H2,1-2H3,(H,13,18)(H,14,15,16,17). The van der Waals surface area contributed by atoms with Crippen LogP contribution in [0.15, 0.2) is 12.1 Å². The van der Waals surface area contributed by atoms with Crippen molar-refractivity contribution in [3.8, 4) is 11.5 Å². The summed E-state index contributed by atoms with van der Waals surface area (Å²) in [6.45, 7) is 0.133. The highest BCUT2D eigenvalue weighted by Gasteiger charge is 2.16. The minimum atomic E-state index is -0.385. The van der Waals surface area contributed by atoms with Gasteiger partial charge in [-0.05, 0) is 6.07 Å². The Morgan fingerprint density at radius 3 is 2.80 bits per heavy atom. The maximum Gasteiger partial charge on any atom is 0.254 e. The van der Waals surface area contributed by atoms with Gasteiger partial charge in [0, 0.05) is 6.07 Å². The molecule has 0 aliphatic heterocycles. The van der Waals surface area contributed by atoms with E-state index in [1.54, 1.807) is 6.07 Å². The molecule has 9 nitrogen and oxygen atoms in total. The van der Waals surface area contributed by atoms with Gasteiger partial charge in [-0.1, -0.05) is 5.21 Å². The largest absolute Gasteiger partial charge is 0.497 e. The van der Waals surface area contributed by atoms with Crippen molar-refractivity contribution < 1.29 is 14.3 Å². The molecule has 1 heterocycles. The summed E-state index contributed by atoms with van der Waals surface area (Å²) in [6.07, 6.45) is 0. The number of hydrogen-bond acceptors (Lipinski definition) is 7. The second-order valence-electron chi connectivity index (χ2n) is 3.80. The smallest absolute Gasteiger partial charge is 0.254 e. The summed E-state index contributed by atoms with van der Waals surface area (Å²) in [5.41, 5.74) is 6.37. The first kappa shape index (κ1) is 13.6. The summed E-state index contributed by atoms with van der Waals surface area (Å²) >= 11 is 0. The number of benzene rings is 1. The molecule has 1 aromatic heterocycles. The first-order valence-corrected chi connectivity index (χ1v) is 5.67. The number of aromatic nitrogens is 4. The minimum Gasteiger partial charge on any atom is -0.497 e. The lowest BCUT2D eigenvalue weighted by atomic mass is 10.1. The molecule has 0 radical (unpaired) electrons. The van der Waals surface area contributed by atoms with Crippen molar-refractivity contribution in [3.63, 3.8) is 0 Å². The van der Waals surface area contributed by atoms with Gasteiger partial charge < -0.3 is 20.5 Å². The summed E-state index contributed by atoms with van der Waals surface area (Å²) in [7, 11) is 2.96. The van der Waals surface area contributed by atoms with Crippen LogP contribution in [0.2, 0.25) is 0 Å². The summed E-state index contributed by atoms with van der Waals surface area (Å²) in [5.74, 6) is 0.825. The van der Waals surface area contributed by atoms with Crippen LogP contribution in [0.3, 0.4) is 0 Å². The van der Waals surface area contributed by atoms with Crippen LogP contribution in [-0.2, 0) is 6.54 Å². The first-order valence-electron chi connectivity index (χ1n) is 5.67. The Hall–Kier alpha value is -2.84. The third-order valence-electron chi connectivity index (χ3n) is 2.61. The molecule has 0 atom stereocenters. The number of carbonyl (C=O) groups is 1. The number of amides is 1. The van der Waals surface area contributed by atoms with Gasteiger partial charge in [-0.15, -0.1) is 10.2 Å². The van der Waals surface area contributed by atoms with E-state index in [4.69, 9.17) is 15.2 Å².